The molecule has 0 spiro atoms. The van der Waals surface area contributed by atoms with E-state index >= 15 is 0 Å². The molecule has 110 valence electrons. The molecule has 2 rings (SSSR count). The van der Waals surface area contributed by atoms with Gasteiger partial charge in [-0.05, 0) is 31.6 Å². The van der Waals surface area contributed by atoms with Crippen molar-refractivity contribution in [2.24, 2.45) is 5.41 Å². The van der Waals surface area contributed by atoms with E-state index in [1.54, 1.807) is 7.11 Å². The van der Waals surface area contributed by atoms with Crippen LogP contribution in [0.5, 0.6) is 5.75 Å². The zero-order chi connectivity index (χ0) is 14.9. The summed E-state index contributed by atoms with van der Waals surface area (Å²) >= 11 is 0. The van der Waals surface area contributed by atoms with E-state index in [-0.39, 0.29) is 5.41 Å². The average Bonchev–Trinajstić information content (AvgIpc) is 2.63. The summed E-state index contributed by atoms with van der Waals surface area (Å²) in [6.07, 6.45) is 0. The SMILES string of the molecule is COc1ccc2nc(N)n(CC(C)(C)CN(C)C)c2c1. The predicted octanol–water partition coefficient (Wildman–Crippen LogP) is 2.21. The maximum absolute atomic E-state index is 6.08. The Bertz CT molecular complexity index is 601. The molecule has 0 aliphatic rings. The fourth-order valence-electron chi connectivity index (χ4n) is 2.75. The van der Waals surface area contributed by atoms with E-state index in [0.29, 0.717) is 5.95 Å². The molecule has 1 heterocycles. The van der Waals surface area contributed by atoms with Gasteiger partial charge in [-0.25, -0.2) is 4.98 Å². The smallest absolute Gasteiger partial charge is 0.201 e. The van der Waals surface area contributed by atoms with Gasteiger partial charge in [-0.15, -0.1) is 0 Å². The van der Waals surface area contributed by atoms with Gasteiger partial charge < -0.3 is 19.9 Å². The van der Waals surface area contributed by atoms with Crippen LogP contribution >= 0.6 is 0 Å². The summed E-state index contributed by atoms with van der Waals surface area (Å²) in [6.45, 7) is 6.27. The van der Waals surface area contributed by atoms with Crippen LogP contribution in [0.3, 0.4) is 0 Å². The molecule has 0 fully saturated rings. The summed E-state index contributed by atoms with van der Waals surface area (Å²) in [5.41, 5.74) is 8.11. The van der Waals surface area contributed by atoms with Crippen molar-refractivity contribution < 1.29 is 4.74 Å². The van der Waals surface area contributed by atoms with Crippen molar-refractivity contribution in [3.05, 3.63) is 18.2 Å². The molecule has 1 aromatic heterocycles. The first-order valence-corrected chi connectivity index (χ1v) is 6.77. The monoisotopic (exact) mass is 276 g/mol. The molecule has 0 aliphatic heterocycles. The van der Waals surface area contributed by atoms with Crippen molar-refractivity contribution >= 4 is 17.0 Å². The number of nitrogen functional groups attached to an aromatic ring is 1. The van der Waals surface area contributed by atoms with E-state index in [0.717, 1.165) is 29.9 Å². The van der Waals surface area contributed by atoms with Gasteiger partial charge in [-0.2, -0.15) is 0 Å². The van der Waals surface area contributed by atoms with E-state index in [4.69, 9.17) is 10.5 Å². The van der Waals surface area contributed by atoms with Crippen LogP contribution in [0.25, 0.3) is 11.0 Å². The number of methoxy groups -OCH3 is 1. The van der Waals surface area contributed by atoms with Gasteiger partial charge in [-0.1, -0.05) is 13.8 Å². The molecule has 2 N–H and O–H groups in total. The first-order valence-electron chi connectivity index (χ1n) is 6.77. The largest absolute Gasteiger partial charge is 0.497 e. The third kappa shape index (κ3) is 3.04. The first-order chi connectivity index (χ1) is 9.32. The van der Waals surface area contributed by atoms with E-state index in [1.165, 1.54) is 0 Å². The standard InChI is InChI=1S/C15H24N4O/c1-15(2,9-18(3)4)10-19-13-8-11(20-5)6-7-12(13)17-14(19)16/h6-8H,9-10H2,1-5H3,(H2,16,17). The highest BCUT2D eigenvalue weighted by atomic mass is 16.5. The van der Waals surface area contributed by atoms with Crippen molar-refractivity contribution in [3.8, 4) is 5.75 Å². The Morgan fingerprint density at radius 1 is 1.35 bits per heavy atom. The molecule has 0 radical (unpaired) electrons. The average molecular weight is 276 g/mol. The van der Waals surface area contributed by atoms with Crippen LogP contribution in [0.15, 0.2) is 18.2 Å². The summed E-state index contributed by atoms with van der Waals surface area (Å²) < 4.78 is 7.36. The molecule has 0 unspecified atom stereocenters. The van der Waals surface area contributed by atoms with Gasteiger partial charge in [0.2, 0.25) is 5.95 Å². The second kappa shape index (κ2) is 5.32. The second-order valence-electron chi connectivity index (χ2n) is 6.31. The number of nitrogens with zero attached hydrogens (tertiary/aromatic N) is 3. The maximum atomic E-state index is 6.08. The molecule has 0 amide bonds. The van der Waals surface area contributed by atoms with E-state index < -0.39 is 0 Å². The topological polar surface area (TPSA) is 56.3 Å². The van der Waals surface area contributed by atoms with Crippen LogP contribution in [0.1, 0.15) is 13.8 Å². The summed E-state index contributed by atoms with van der Waals surface area (Å²) in [5, 5.41) is 0. The van der Waals surface area contributed by atoms with Crippen LogP contribution in [0, 0.1) is 5.41 Å². The lowest BCUT2D eigenvalue weighted by molar-refractivity contribution is 0.214. The summed E-state index contributed by atoms with van der Waals surface area (Å²) in [7, 11) is 5.83. The van der Waals surface area contributed by atoms with Gasteiger partial charge >= 0.3 is 0 Å². The Morgan fingerprint density at radius 2 is 2.05 bits per heavy atom. The number of anilines is 1. The highest BCUT2D eigenvalue weighted by Crippen LogP contribution is 2.27. The molecule has 5 heteroatoms. The Balaban J connectivity index is 2.40. The molecule has 2 aromatic rings. The fourth-order valence-corrected chi connectivity index (χ4v) is 2.75. The minimum atomic E-state index is 0.105. The van der Waals surface area contributed by atoms with Gasteiger partial charge in [0.25, 0.3) is 0 Å². The van der Waals surface area contributed by atoms with Crippen molar-refractivity contribution in [3.63, 3.8) is 0 Å². The van der Waals surface area contributed by atoms with Crippen molar-refractivity contribution in [1.82, 2.24) is 14.5 Å². The second-order valence-corrected chi connectivity index (χ2v) is 6.31. The summed E-state index contributed by atoms with van der Waals surface area (Å²) in [6, 6.07) is 5.84. The van der Waals surface area contributed by atoms with Crippen LogP contribution in [0.4, 0.5) is 5.95 Å². The zero-order valence-electron chi connectivity index (χ0n) is 13.0. The highest BCUT2D eigenvalue weighted by molar-refractivity contribution is 5.79. The van der Waals surface area contributed by atoms with E-state index in [2.05, 4.69) is 42.4 Å². The Labute approximate surface area is 120 Å². The lowest BCUT2D eigenvalue weighted by Gasteiger charge is -2.29. The molecule has 20 heavy (non-hydrogen) atoms. The van der Waals surface area contributed by atoms with E-state index in [9.17, 15) is 0 Å². The number of nitrogens with two attached hydrogens (primary N) is 1. The Kier molecular flexibility index (Phi) is 3.90. The quantitative estimate of drug-likeness (QED) is 0.909. The molecule has 0 bridgehead atoms. The van der Waals surface area contributed by atoms with Gasteiger partial charge in [0, 0.05) is 19.2 Å². The fraction of sp³-hybridized carbons (Fsp3) is 0.533. The number of imidazole rings is 1. The lowest BCUT2D eigenvalue weighted by Crippen LogP contribution is -2.32. The van der Waals surface area contributed by atoms with Crippen LogP contribution in [0.2, 0.25) is 0 Å². The minimum Gasteiger partial charge on any atom is -0.497 e. The normalized spacial score (nSPS) is 12.3. The maximum Gasteiger partial charge on any atom is 0.201 e. The van der Waals surface area contributed by atoms with Crippen molar-refractivity contribution in [1.29, 1.82) is 0 Å². The van der Waals surface area contributed by atoms with Crippen LogP contribution < -0.4 is 10.5 Å². The molecule has 5 nitrogen and oxygen atoms in total. The molecular formula is C15H24N4O. The molecular weight excluding hydrogens is 252 g/mol. The number of hydrogen-bond acceptors (Lipinski definition) is 4. The highest BCUT2D eigenvalue weighted by Gasteiger charge is 2.22. The number of hydrogen-bond donors (Lipinski definition) is 1. The molecule has 0 saturated heterocycles. The predicted molar refractivity (Wildman–Crippen MR) is 83.0 cm³/mol. The third-order valence-electron chi connectivity index (χ3n) is 3.32. The summed E-state index contributed by atoms with van der Waals surface area (Å²) in [5.74, 6) is 1.38. The first kappa shape index (κ1) is 14.7. The Hall–Kier alpha value is -1.75. The summed E-state index contributed by atoms with van der Waals surface area (Å²) in [4.78, 5) is 6.61. The van der Waals surface area contributed by atoms with Gasteiger partial charge in [-0.3, -0.25) is 0 Å². The Morgan fingerprint density at radius 3 is 2.65 bits per heavy atom. The lowest BCUT2D eigenvalue weighted by atomic mass is 9.93. The van der Waals surface area contributed by atoms with Crippen LogP contribution in [-0.2, 0) is 6.54 Å². The van der Waals surface area contributed by atoms with Gasteiger partial charge in [0.1, 0.15) is 5.75 Å². The van der Waals surface area contributed by atoms with Gasteiger partial charge in [0.05, 0.1) is 18.1 Å². The van der Waals surface area contributed by atoms with Crippen LogP contribution in [-0.4, -0.2) is 42.2 Å². The molecule has 0 atom stereocenters. The number of rotatable bonds is 5. The number of ether oxygens (including phenoxy) is 1. The number of aromatic nitrogens is 2. The zero-order valence-corrected chi connectivity index (χ0v) is 13.0. The molecule has 0 aliphatic carbocycles. The number of fused-ring (bicyclic) bond motifs is 1. The van der Waals surface area contributed by atoms with E-state index in [1.807, 2.05) is 18.2 Å². The molecule has 1 aromatic carbocycles. The van der Waals surface area contributed by atoms with Crippen molar-refractivity contribution in [2.45, 2.75) is 20.4 Å². The third-order valence-corrected chi connectivity index (χ3v) is 3.32. The van der Waals surface area contributed by atoms with Crippen molar-refractivity contribution in [2.75, 3.05) is 33.5 Å². The van der Waals surface area contributed by atoms with Gasteiger partial charge in [0.15, 0.2) is 0 Å². The molecule has 0 saturated carbocycles. The number of benzene rings is 1. The minimum absolute atomic E-state index is 0.105.